The molecule has 0 saturated heterocycles. The summed E-state index contributed by atoms with van der Waals surface area (Å²) in [6, 6.07) is 0. The first-order valence-corrected chi connectivity index (χ1v) is 5.41. The standard InChI is InChI=1S/C10H18O4.CO2/c1-4-7-8(9(11)13-5-2)10(12)14-6-3;2-1-3/h8H,4-7H2,1-3H3;. The van der Waals surface area contributed by atoms with Crippen molar-refractivity contribution in [3.05, 3.63) is 0 Å². The SMILES string of the molecule is CCCC(C(=O)OCC)C(=O)OCC.O=C=O. The largest absolute Gasteiger partial charge is 0.465 e. The van der Waals surface area contributed by atoms with Gasteiger partial charge in [-0.15, -0.1) is 0 Å². The minimum Gasteiger partial charge on any atom is -0.465 e. The van der Waals surface area contributed by atoms with Crippen LogP contribution in [0, 0.1) is 5.92 Å². The Morgan fingerprint density at radius 3 is 1.59 bits per heavy atom. The van der Waals surface area contributed by atoms with Gasteiger partial charge in [0.25, 0.3) is 0 Å². The lowest BCUT2D eigenvalue weighted by Gasteiger charge is -2.12. The van der Waals surface area contributed by atoms with Crippen LogP contribution in [0.5, 0.6) is 0 Å². The summed E-state index contributed by atoms with van der Waals surface area (Å²) in [4.78, 5) is 38.9. The van der Waals surface area contributed by atoms with Crippen LogP contribution in [0.15, 0.2) is 0 Å². The molecule has 0 unspecified atom stereocenters. The summed E-state index contributed by atoms with van der Waals surface area (Å²) in [6.45, 7) is 5.92. The van der Waals surface area contributed by atoms with Gasteiger partial charge in [0.1, 0.15) is 0 Å². The number of ether oxygens (including phenoxy) is 2. The van der Waals surface area contributed by atoms with E-state index in [0.29, 0.717) is 19.6 Å². The van der Waals surface area contributed by atoms with E-state index < -0.39 is 17.9 Å². The van der Waals surface area contributed by atoms with Crippen molar-refractivity contribution in [2.45, 2.75) is 33.6 Å². The summed E-state index contributed by atoms with van der Waals surface area (Å²) >= 11 is 0. The van der Waals surface area contributed by atoms with Gasteiger partial charge in [-0.3, -0.25) is 9.59 Å². The van der Waals surface area contributed by atoms with Gasteiger partial charge in [0.05, 0.1) is 13.2 Å². The van der Waals surface area contributed by atoms with E-state index in [-0.39, 0.29) is 6.15 Å². The molecule has 0 N–H and O–H groups in total. The Kier molecular flexibility index (Phi) is 12.9. The molecule has 0 spiro atoms. The molecule has 0 saturated carbocycles. The Hall–Kier alpha value is -1.68. The van der Waals surface area contributed by atoms with Crippen molar-refractivity contribution in [3.63, 3.8) is 0 Å². The first-order chi connectivity index (χ1) is 8.08. The minimum atomic E-state index is -0.750. The van der Waals surface area contributed by atoms with Crippen LogP contribution in [0.1, 0.15) is 33.6 Å². The Labute approximate surface area is 100 Å². The highest BCUT2D eigenvalue weighted by molar-refractivity contribution is 5.94. The number of rotatable bonds is 6. The molecule has 0 aromatic carbocycles. The molecule has 0 heterocycles. The van der Waals surface area contributed by atoms with Crippen LogP contribution in [-0.2, 0) is 28.7 Å². The lowest BCUT2D eigenvalue weighted by Crippen LogP contribution is -2.27. The normalized spacial score (nSPS) is 8.71. The Morgan fingerprint density at radius 1 is 1.00 bits per heavy atom. The predicted octanol–water partition coefficient (Wildman–Crippen LogP) is 0.945. The molecule has 0 amide bonds. The zero-order valence-electron chi connectivity index (χ0n) is 10.4. The van der Waals surface area contributed by atoms with Gasteiger partial charge in [0.15, 0.2) is 5.92 Å². The van der Waals surface area contributed by atoms with Crippen LogP contribution in [0.3, 0.4) is 0 Å². The fourth-order valence-electron chi connectivity index (χ4n) is 1.11. The second-order valence-corrected chi connectivity index (χ2v) is 2.93. The zero-order chi connectivity index (χ0) is 13.7. The number of hydrogen-bond donors (Lipinski definition) is 0. The summed E-state index contributed by atoms with van der Waals surface area (Å²) in [5.74, 6) is -1.71. The molecule has 0 aromatic heterocycles. The molecule has 0 aliphatic rings. The van der Waals surface area contributed by atoms with E-state index in [4.69, 9.17) is 19.1 Å². The molecule has 0 atom stereocenters. The smallest absolute Gasteiger partial charge is 0.373 e. The van der Waals surface area contributed by atoms with Crippen molar-refractivity contribution in [2.75, 3.05) is 13.2 Å². The van der Waals surface area contributed by atoms with Crippen LogP contribution in [0.25, 0.3) is 0 Å². The Bertz CT molecular complexity index is 237. The van der Waals surface area contributed by atoms with E-state index in [2.05, 4.69) is 0 Å². The van der Waals surface area contributed by atoms with Gasteiger partial charge in [-0.25, -0.2) is 0 Å². The van der Waals surface area contributed by atoms with Gasteiger partial charge in [0, 0.05) is 0 Å². The Balaban J connectivity index is 0. The molecule has 0 fully saturated rings. The molecule has 0 bridgehead atoms. The van der Waals surface area contributed by atoms with Gasteiger partial charge in [0.2, 0.25) is 0 Å². The highest BCUT2D eigenvalue weighted by Gasteiger charge is 2.28. The Morgan fingerprint density at radius 2 is 1.35 bits per heavy atom. The van der Waals surface area contributed by atoms with Crippen molar-refractivity contribution < 1.29 is 28.7 Å². The molecule has 98 valence electrons. The third-order valence-corrected chi connectivity index (χ3v) is 1.72. The van der Waals surface area contributed by atoms with E-state index >= 15 is 0 Å². The average Bonchev–Trinajstić information content (AvgIpc) is 2.27. The van der Waals surface area contributed by atoms with Crippen LogP contribution in [0.2, 0.25) is 0 Å². The zero-order valence-corrected chi connectivity index (χ0v) is 10.4. The average molecular weight is 246 g/mol. The molecule has 0 radical (unpaired) electrons. The first kappa shape index (κ1) is 17.7. The molecule has 0 aliphatic carbocycles. The number of esters is 2. The number of carbonyl (C=O) groups is 2. The van der Waals surface area contributed by atoms with Gasteiger partial charge in [-0.05, 0) is 20.3 Å². The van der Waals surface area contributed by atoms with Crippen LogP contribution < -0.4 is 0 Å². The molecular weight excluding hydrogens is 228 g/mol. The van der Waals surface area contributed by atoms with Crippen molar-refractivity contribution in [2.24, 2.45) is 5.92 Å². The summed E-state index contributed by atoms with van der Waals surface area (Å²) < 4.78 is 9.57. The summed E-state index contributed by atoms with van der Waals surface area (Å²) in [5.41, 5.74) is 0. The van der Waals surface area contributed by atoms with Crippen LogP contribution in [0.4, 0.5) is 0 Å². The van der Waals surface area contributed by atoms with E-state index in [1.165, 1.54) is 0 Å². The summed E-state index contributed by atoms with van der Waals surface area (Å²) in [7, 11) is 0. The maximum atomic E-state index is 11.3. The first-order valence-electron chi connectivity index (χ1n) is 5.41. The van der Waals surface area contributed by atoms with E-state index in [1.54, 1.807) is 13.8 Å². The monoisotopic (exact) mass is 246 g/mol. The molecule has 0 aliphatic heterocycles. The van der Waals surface area contributed by atoms with E-state index in [9.17, 15) is 9.59 Å². The molecule has 6 nitrogen and oxygen atoms in total. The number of hydrogen-bond acceptors (Lipinski definition) is 6. The van der Waals surface area contributed by atoms with Crippen molar-refractivity contribution in [3.8, 4) is 0 Å². The van der Waals surface area contributed by atoms with Crippen molar-refractivity contribution in [1.82, 2.24) is 0 Å². The number of carbonyl (C=O) groups excluding carboxylic acids is 4. The van der Waals surface area contributed by atoms with Crippen LogP contribution in [-0.4, -0.2) is 31.3 Å². The lowest BCUT2D eigenvalue weighted by molar-refractivity contribution is -0.191. The van der Waals surface area contributed by atoms with Crippen molar-refractivity contribution >= 4 is 18.1 Å². The second-order valence-electron chi connectivity index (χ2n) is 2.93. The molecule has 0 rings (SSSR count). The molecule has 6 heteroatoms. The fourth-order valence-corrected chi connectivity index (χ4v) is 1.11. The van der Waals surface area contributed by atoms with Crippen molar-refractivity contribution in [1.29, 1.82) is 0 Å². The van der Waals surface area contributed by atoms with Gasteiger partial charge < -0.3 is 9.47 Å². The van der Waals surface area contributed by atoms with E-state index in [1.807, 2.05) is 6.92 Å². The topological polar surface area (TPSA) is 86.7 Å². The lowest BCUT2D eigenvalue weighted by atomic mass is 10.0. The molecule has 0 aromatic rings. The summed E-state index contributed by atoms with van der Waals surface area (Å²) in [6.07, 6.45) is 1.49. The third kappa shape index (κ3) is 9.26. The second kappa shape index (κ2) is 12.4. The predicted molar refractivity (Wildman–Crippen MR) is 56.7 cm³/mol. The van der Waals surface area contributed by atoms with Gasteiger partial charge >= 0.3 is 18.1 Å². The molecule has 17 heavy (non-hydrogen) atoms. The molecular formula is C11H18O6. The third-order valence-electron chi connectivity index (χ3n) is 1.72. The summed E-state index contributed by atoms with van der Waals surface area (Å²) in [5, 5.41) is 0. The fraction of sp³-hybridized carbons (Fsp3) is 0.727. The minimum absolute atomic E-state index is 0.250. The maximum Gasteiger partial charge on any atom is 0.373 e. The van der Waals surface area contributed by atoms with E-state index in [0.717, 1.165) is 6.42 Å². The van der Waals surface area contributed by atoms with Crippen LogP contribution >= 0.6 is 0 Å². The highest BCUT2D eigenvalue weighted by atomic mass is 16.6. The quantitative estimate of drug-likeness (QED) is 0.512. The highest BCUT2D eigenvalue weighted by Crippen LogP contribution is 2.11. The van der Waals surface area contributed by atoms with Gasteiger partial charge in [-0.1, -0.05) is 13.3 Å². The van der Waals surface area contributed by atoms with Gasteiger partial charge in [-0.2, -0.15) is 9.59 Å². The maximum absolute atomic E-state index is 11.3.